The topological polar surface area (TPSA) is 30.2 Å². The molecule has 0 aliphatic carbocycles. The van der Waals surface area contributed by atoms with Crippen LogP contribution in [-0.2, 0) is 19.4 Å². The number of hydrogen-bond acceptors (Lipinski definition) is 2. The Morgan fingerprint density at radius 3 is 1.79 bits per heavy atom. The van der Waals surface area contributed by atoms with Crippen LogP contribution < -0.4 is 5.69 Å². The molecule has 1 fully saturated rings. The Labute approximate surface area is 235 Å². The van der Waals surface area contributed by atoms with E-state index in [1.165, 1.54) is 17.5 Å². The van der Waals surface area contributed by atoms with Gasteiger partial charge in [-0.2, -0.15) is 0 Å². The van der Waals surface area contributed by atoms with Crippen molar-refractivity contribution in [1.82, 2.24) is 14.0 Å². The van der Waals surface area contributed by atoms with E-state index in [4.69, 9.17) is 23.2 Å². The second kappa shape index (κ2) is 13.0. The van der Waals surface area contributed by atoms with Crippen molar-refractivity contribution < 1.29 is 0 Å². The van der Waals surface area contributed by atoms with Gasteiger partial charge in [0.2, 0.25) is 0 Å². The Kier molecular flexibility index (Phi) is 9.27. The number of likely N-dealkylation sites (tertiary alicyclic amines) is 1. The van der Waals surface area contributed by atoms with Gasteiger partial charge in [-0.3, -0.25) is 9.13 Å². The Balaban J connectivity index is 1.16. The van der Waals surface area contributed by atoms with Crippen molar-refractivity contribution in [3.63, 3.8) is 0 Å². The first kappa shape index (κ1) is 27.1. The number of benzene rings is 3. The van der Waals surface area contributed by atoms with Gasteiger partial charge in [-0.05, 0) is 93.3 Å². The average molecular weight is 551 g/mol. The first-order chi connectivity index (χ1) is 18.6. The number of para-hydroxylation sites is 2. The van der Waals surface area contributed by atoms with Gasteiger partial charge in [0, 0.05) is 35.7 Å². The lowest BCUT2D eigenvalue weighted by molar-refractivity contribution is 0.183. The van der Waals surface area contributed by atoms with Crippen molar-refractivity contribution in [1.29, 1.82) is 0 Å². The van der Waals surface area contributed by atoms with Gasteiger partial charge in [-0.25, -0.2) is 4.79 Å². The highest BCUT2D eigenvalue weighted by atomic mass is 35.5. The highest BCUT2D eigenvalue weighted by molar-refractivity contribution is 6.31. The van der Waals surface area contributed by atoms with Crippen molar-refractivity contribution in [3.8, 4) is 0 Å². The Morgan fingerprint density at radius 2 is 1.18 bits per heavy atom. The molecule has 0 saturated carbocycles. The van der Waals surface area contributed by atoms with Crippen LogP contribution in [0.5, 0.6) is 0 Å². The Morgan fingerprint density at radius 1 is 0.658 bits per heavy atom. The van der Waals surface area contributed by atoms with Crippen molar-refractivity contribution in [2.75, 3.05) is 19.6 Å². The van der Waals surface area contributed by atoms with E-state index in [0.717, 1.165) is 92.2 Å². The predicted octanol–water partition coefficient (Wildman–Crippen LogP) is 7.79. The molecule has 0 unspecified atom stereocenters. The maximum Gasteiger partial charge on any atom is 0.329 e. The quantitative estimate of drug-likeness (QED) is 0.179. The molecule has 3 aromatic carbocycles. The molecule has 1 aliphatic heterocycles. The molecule has 38 heavy (non-hydrogen) atoms. The molecule has 6 heteroatoms. The van der Waals surface area contributed by atoms with E-state index in [9.17, 15) is 4.79 Å². The van der Waals surface area contributed by atoms with Crippen molar-refractivity contribution in [2.24, 2.45) is 0 Å². The van der Waals surface area contributed by atoms with Crippen LogP contribution in [0, 0.1) is 0 Å². The molecule has 2 heterocycles. The summed E-state index contributed by atoms with van der Waals surface area (Å²) < 4.78 is 4.07. The standard InChI is InChI=1S/C32H37Cl2N3O/c33-28-15-3-1-11-25(28)13-7-9-21-35-23-19-27(20-24-35)37-31-18-6-5-17-30(31)36(32(37)38)22-10-8-14-26-12-2-4-16-29(26)34/h1-6,11-12,15-18,27H,7-10,13-14,19-24H2. The SMILES string of the molecule is O=c1n(CCCCc2ccccc2Cl)c2ccccc2n1C1CCN(CCCCc2ccccc2Cl)CC1. The van der Waals surface area contributed by atoms with Crippen LogP contribution in [0.4, 0.5) is 0 Å². The van der Waals surface area contributed by atoms with Crippen LogP contribution in [0.2, 0.25) is 10.0 Å². The van der Waals surface area contributed by atoms with Gasteiger partial charge in [-0.1, -0.05) is 71.7 Å². The molecule has 0 radical (unpaired) electrons. The van der Waals surface area contributed by atoms with E-state index >= 15 is 0 Å². The monoisotopic (exact) mass is 549 g/mol. The largest absolute Gasteiger partial charge is 0.329 e. The number of rotatable bonds is 11. The minimum Gasteiger partial charge on any atom is -0.303 e. The van der Waals surface area contributed by atoms with Gasteiger partial charge >= 0.3 is 5.69 Å². The molecule has 4 nitrogen and oxygen atoms in total. The molecule has 1 aliphatic rings. The first-order valence-corrected chi connectivity index (χ1v) is 14.8. The maximum atomic E-state index is 13.6. The zero-order chi connectivity index (χ0) is 26.3. The summed E-state index contributed by atoms with van der Waals surface area (Å²) in [7, 11) is 0. The average Bonchev–Trinajstić information content (AvgIpc) is 3.22. The minimum atomic E-state index is 0.141. The number of piperidine rings is 1. The van der Waals surface area contributed by atoms with Gasteiger partial charge in [0.15, 0.2) is 0 Å². The van der Waals surface area contributed by atoms with E-state index < -0.39 is 0 Å². The molecule has 200 valence electrons. The molecule has 5 rings (SSSR count). The smallest absolute Gasteiger partial charge is 0.303 e. The number of imidazole rings is 1. The highest BCUT2D eigenvalue weighted by Gasteiger charge is 2.25. The van der Waals surface area contributed by atoms with Gasteiger partial charge in [0.05, 0.1) is 11.0 Å². The summed E-state index contributed by atoms with van der Waals surface area (Å²) in [4.78, 5) is 16.2. The predicted molar refractivity (Wildman–Crippen MR) is 160 cm³/mol. The second-order valence-corrected chi connectivity index (χ2v) is 11.3. The normalized spacial score (nSPS) is 14.9. The van der Waals surface area contributed by atoms with Crippen LogP contribution in [0.15, 0.2) is 77.6 Å². The fraction of sp³-hybridized carbons (Fsp3) is 0.406. The van der Waals surface area contributed by atoms with Crippen LogP contribution in [0.25, 0.3) is 11.0 Å². The lowest BCUT2D eigenvalue weighted by Crippen LogP contribution is -2.38. The second-order valence-electron chi connectivity index (χ2n) is 10.5. The lowest BCUT2D eigenvalue weighted by atomic mass is 10.0. The molecule has 4 aromatic rings. The van der Waals surface area contributed by atoms with E-state index in [-0.39, 0.29) is 11.7 Å². The third-order valence-corrected chi connectivity index (χ3v) is 8.69. The summed E-state index contributed by atoms with van der Waals surface area (Å²) in [6, 6.07) is 24.7. The molecule has 0 N–H and O–H groups in total. The number of halogens is 2. The van der Waals surface area contributed by atoms with Gasteiger partial charge in [0.25, 0.3) is 0 Å². The Hall–Kier alpha value is -2.53. The first-order valence-electron chi connectivity index (χ1n) is 14.0. The third kappa shape index (κ3) is 6.36. The summed E-state index contributed by atoms with van der Waals surface area (Å²) in [5.41, 5.74) is 4.69. The molecule has 0 spiro atoms. The molecular weight excluding hydrogens is 513 g/mol. The van der Waals surface area contributed by atoms with Crippen LogP contribution in [0.3, 0.4) is 0 Å². The fourth-order valence-corrected chi connectivity index (χ4v) is 6.30. The fourth-order valence-electron chi connectivity index (χ4n) is 5.84. The summed E-state index contributed by atoms with van der Waals surface area (Å²) in [5.74, 6) is 0. The van der Waals surface area contributed by atoms with E-state index in [2.05, 4.69) is 39.8 Å². The number of hydrogen-bond donors (Lipinski definition) is 0. The van der Waals surface area contributed by atoms with Gasteiger partial charge < -0.3 is 4.90 Å². The highest BCUT2D eigenvalue weighted by Crippen LogP contribution is 2.27. The zero-order valence-electron chi connectivity index (χ0n) is 22.0. The summed E-state index contributed by atoms with van der Waals surface area (Å²) in [6.07, 6.45) is 8.27. The number of unbranched alkanes of at least 4 members (excludes halogenated alkanes) is 2. The van der Waals surface area contributed by atoms with Crippen molar-refractivity contribution >= 4 is 34.2 Å². The molecule has 1 aromatic heterocycles. The maximum absolute atomic E-state index is 13.6. The molecule has 0 amide bonds. The summed E-state index contributed by atoms with van der Waals surface area (Å²) in [5, 5.41) is 1.70. The Bertz CT molecular complexity index is 1400. The third-order valence-electron chi connectivity index (χ3n) is 7.96. The molecule has 1 saturated heterocycles. The van der Waals surface area contributed by atoms with Crippen LogP contribution in [-0.4, -0.2) is 33.7 Å². The molecule has 0 bridgehead atoms. The number of aromatic nitrogens is 2. The number of nitrogens with zero attached hydrogens (tertiary/aromatic N) is 3. The zero-order valence-corrected chi connectivity index (χ0v) is 23.5. The van der Waals surface area contributed by atoms with Crippen molar-refractivity contribution in [2.45, 2.75) is 64.0 Å². The molecule has 0 atom stereocenters. The van der Waals surface area contributed by atoms with Crippen molar-refractivity contribution in [3.05, 3.63) is 104 Å². The van der Waals surface area contributed by atoms with E-state index in [1.807, 2.05) is 47.0 Å². The lowest BCUT2D eigenvalue weighted by Gasteiger charge is -2.32. The van der Waals surface area contributed by atoms with E-state index in [1.54, 1.807) is 0 Å². The van der Waals surface area contributed by atoms with Gasteiger partial charge in [-0.15, -0.1) is 0 Å². The van der Waals surface area contributed by atoms with E-state index in [0.29, 0.717) is 0 Å². The van der Waals surface area contributed by atoms with Crippen LogP contribution >= 0.6 is 23.2 Å². The summed E-state index contributed by atoms with van der Waals surface area (Å²) in [6.45, 7) is 3.93. The minimum absolute atomic E-state index is 0.141. The van der Waals surface area contributed by atoms with Gasteiger partial charge in [0.1, 0.15) is 0 Å². The molecular formula is C32H37Cl2N3O. The number of fused-ring (bicyclic) bond motifs is 1. The summed E-state index contributed by atoms with van der Waals surface area (Å²) >= 11 is 12.6. The van der Waals surface area contributed by atoms with Crippen LogP contribution in [0.1, 0.15) is 55.7 Å². The number of aryl methyl sites for hydroxylation is 3.